The molecule has 1 aliphatic heterocycles. The van der Waals surface area contributed by atoms with E-state index in [9.17, 15) is 10.2 Å². The van der Waals surface area contributed by atoms with Crippen molar-refractivity contribution in [1.82, 2.24) is 9.80 Å². The van der Waals surface area contributed by atoms with Crippen LogP contribution in [0, 0.1) is 27.7 Å². The average Bonchev–Trinajstić information content (AvgIpc) is 2.86. The molecule has 0 aliphatic carbocycles. The summed E-state index contributed by atoms with van der Waals surface area (Å²) in [4.78, 5) is 5.14. The van der Waals surface area contributed by atoms with Crippen LogP contribution in [0.25, 0.3) is 0 Å². The second-order valence-electron chi connectivity index (χ2n) is 11.5. The van der Waals surface area contributed by atoms with Crippen LogP contribution in [-0.4, -0.2) is 45.2 Å². The summed E-state index contributed by atoms with van der Waals surface area (Å²) < 4.78 is 0. The summed E-state index contributed by atoms with van der Waals surface area (Å²) in [5.41, 5.74) is 9.34. The lowest BCUT2D eigenvalue weighted by molar-refractivity contribution is 0.0255. The van der Waals surface area contributed by atoms with Gasteiger partial charge >= 0.3 is 0 Å². The molecule has 2 aromatic rings. The van der Waals surface area contributed by atoms with Crippen molar-refractivity contribution in [2.75, 3.05) is 13.1 Å². The van der Waals surface area contributed by atoms with Gasteiger partial charge in [0.1, 0.15) is 11.5 Å². The lowest BCUT2D eigenvalue weighted by Crippen LogP contribution is -2.56. The van der Waals surface area contributed by atoms with Gasteiger partial charge in [-0.2, -0.15) is 0 Å². The SMILES string of the molecule is CCC(C)c1cc(C)c(CN2CCN(Cc3c(C)cc(C(C)CC)c(O)c3C)C(C)C2C)c(C)c1O. The molecule has 0 amide bonds. The van der Waals surface area contributed by atoms with Gasteiger partial charge in [-0.05, 0) is 111 Å². The van der Waals surface area contributed by atoms with Crippen LogP contribution in [0.1, 0.15) is 111 Å². The number of hydrogen-bond donors (Lipinski definition) is 2. The molecule has 3 rings (SSSR count). The standard InChI is InChI=1S/C32H50N2O2/c1-11-19(3)27-15-21(5)29(23(7)31(27)35)17-33-13-14-34(26(10)25(33)9)18-30-22(6)16-28(20(4)12-2)32(36)24(30)8/h15-16,19-20,25-26,35-36H,11-14,17-18H2,1-10H3. The van der Waals surface area contributed by atoms with E-state index in [0.717, 1.165) is 61.3 Å². The molecule has 0 radical (unpaired) electrons. The Balaban J connectivity index is 1.78. The first-order chi connectivity index (χ1) is 16.9. The van der Waals surface area contributed by atoms with Crippen molar-refractivity contribution in [3.8, 4) is 11.5 Å². The minimum atomic E-state index is 0.365. The zero-order valence-corrected chi connectivity index (χ0v) is 24.5. The number of hydrogen-bond acceptors (Lipinski definition) is 4. The lowest BCUT2D eigenvalue weighted by atomic mass is 9.89. The molecule has 2 N–H and O–H groups in total. The van der Waals surface area contributed by atoms with Crippen molar-refractivity contribution in [1.29, 1.82) is 0 Å². The van der Waals surface area contributed by atoms with Crippen LogP contribution < -0.4 is 0 Å². The molecule has 1 heterocycles. The predicted molar refractivity (Wildman–Crippen MR) is 152 cm³/mol. The fourth-order valence-corrected chi connectivity index (χ4v) is 5.89. The third-order valence-electron chi connectivity index (χ3n) is 9.39. The maximum absolute atomic E-state index is 11.0. The molecule has 1 saturated heterocycles. The first-order valence-corrected chi connectivity index (χ1v) is 14.0. The minimum Gasteiger partial charge on any atom is -0.507 e. The molecule has 4 unspecified atom stereocenters. The van der Waals surface area contributed by atoms with Crippen molar-refractivity contribution in [3.05, 3.63) is 56.6 Å². The molecule has 4 heteroatoms. The molecular weight excluding hydrogens is 444 g/mol. The summed E-state index contributed by atoms with van der Waals surface area (Å²) in [6.07, 6.45) is 2.05. The van der Waals surface area contributed by atoms with Gasteiger partial charge in [-0.15, -0.1) is 0 Å². The van der Waals surface area contributed by atoms with Crippen molar-refractivity contribution in [3.63, 3.8) is 0 Å². The van der Waals surface area contributed by atoms with E-state index in [2.05, 4.69) is 91.2 Å². The molecule has 36 heavy (non-hydrogen) atoms. The van der Waals surface area contributed by atoms with Crippen molar-refractivity contribution >= 4 is 0 Å². The van der Waals surface area contributed by atoms with E-state index in [4.69, 9.17) is 0 Å². The van der Waals surface area contributed by atoms with Gasteiger partial charge in [0.25, 0.3) is 0 Å². The van der Waals surface area contributed by atoms with Gasteiger partial charge in [-0.25, -0.2) is 0 Å². The highest BCUT2D eigenvalue weighted by molar-refractivity contribution is 5.51. The van der Waals surface area contributed by atoms with Gasteiger partial charge in [0, 0.05) is 38.3 Å². The number of piperazine rings is 1. The lowest BCUT2D eigenvalue weighted by Gasteiger charge is -2.45. The van der Waals surface area contributed by atoms with Crippen LogP contribution in [-0.2, 0) is 13.1 Å². The van der Waals surface area contributed by atoms with E-state index >= 15 is 0 Å². The van der Waals surface area contributed by atoms with Crippen LogP contribution in [0.2, 0.25) is 0 Å². The van der Waals surface area contributed by atoms with Crippen molar-refractivity contribution in [2.45, 2.75) is 119 Å². The normalized spacial score (nSPS) is 21.1. The first-order valence-electron chi connectivity index (χ1n) is 14.0. The zero-order chi connectivity index (χ0) is 26.9. The highest BCUT2D eigenvalue weighted by Crippen LogP contribution is 2.37. The van der Waals surface area contributed by atoms with E-state index in [-0.39, 0.29) is 0 Å². The monoisotopic (exact) mass is 494 g/mol. The largest absolute Gasteiger partial charge is 0.507 e. The number of nitrogens with zero attached hydrogens (tertiary/aromatic N) is 2. The quantitative estimate of drug-likeness (QED) is 0.400. The van der Waals surface area contributed by atoms with Gasteiger partial charge in [-0.1, -0.05) is 39.8 Å². The maximum Gasteiger partial charge on any atom is 0.122 e. The fourth-order valence-electron chi connectivity index (χ4n) is 5.89. The summed E-state index contributed by atoms with van der Waals surface area (Å²) >= 11 is 0. The second kappa shape index (κ2) is 11.6. The van der Waals surface area contributed by atoms with E-state index in [1.54, 1.807) is 0 Å². The Morgan fingerprint density at radius 3 is 1.36 bits per heavy atom. The summed E-state index contributed by atoms with van der Waals surface area (Å²) in [7, 11) is 0. The van der Waals surface area contributed by atoms with Crippen LogP contribution in [0.3, 0.4) is 0 Å². The Labute approximate surface area is 220 Å². The molecule has 0 saturated carbocycles. The predicted octanol–water partition coefficient (Wildman–Crippen LogP) is 7.45. The Kier molecular flexibility index (Phi) is 9.16. The fraction of sp³-hybridized carbons (Fsp3) is 0.625. The first kappa shape index (κ1) is 28.5. The van der Waals surface area contributed by atoms with E-state index in [1.807, 2.05) is 0 Å². The molecule has 0 bridgehead atoms. The van der Waals surface area contributed by atoms with Crippen molar-refractivity contribution < 1.29 is 10.2 Å². The number of phenolic OH excluding ortho intramolecular Hbond substituents is 2. The Morgan fingerprint density at radius 2 is 1.06 bits per heavy atom. The second-order valence-corrected chi connectivity index (χ2v) is 11.5. The highest BCUT2D eigenvalue weighted by atomic mass is 16.3. The van der Waals surface area contributed by atoms with Gasteiger partial charge in [0.05, 0.1) is 0 Å². The third-order valence-corrected chi connectivity index (χ3v) is 9.39. The Morgan fingerprint density at radius 1 is 0.722 bits per heavy atom. The van der Waals surface area contributed by atoms with Gasteiger partial charge in [-0.3, -0.25) is 9.80 Å². The van der Waals surface area contributed by atoms with Crippen molar-refractivity contribution in [2.24, 2.45) is 0 Å². The highest BCUT2D eigenvalue weighted by Gasteiger charge is 2.32. The third kappa shape index (κ3) is 5.45. The summed E-state index contributed by atoms with van der Waals surface area (Å²) in [6.45, 7) is 25.7. The molecule has 4 atom stereocenters. The Bertz CT molecular complexity index is 991. The van der Waals surface area contributed by atoms with Crippen LogP contribution in [0.15, 0.2) is 12.1 Å². The van der Waals surface area contributed by atoms with E-state index in [1.165, 1.54) is 22.3 Å². The van der Waals surface area contributed by atoms with Gasteiger partial charge < -0.3 is 10.2 Å². The molecule has 0 spiro atoms. The smallest absolute Gasteiger partial charge is 0.122 e. The number of phenols is 2. The molecule has 200 valence electrons. The van der Waals surface area contributed by atoms with Crippen LogP contribution >= 0.6 is 0 Å². The minimum absolute atomic E-state index is 0.365. The van der Waals surface area contributed by atoms with Crippen LogP contribution in [0.4, 0.5) is 0 Å². The number of aryl methyl sites for hydroxylation is 2. The topological polar surface area (TPSA) is 46.9 Å². The number of benzene rings is 2. The average molecular weight is 495 g/mol. The molecule has 1 aliphatic rings. The molecule has 4 nitrogen and oxygen atoms in total. The van der Waals surface area contributed by atoms with Gasteiger partial charge in [0.15, 0.2) is 0 Å². The number of rotatable bonds is 8. The van der Waals surface area contributed by atoms with E-state index in [0.29, 0.717) is 35.4 Å². The molecular formula is C32H50N2O2. The maximum atomic E-state index is 11.0. The molecule has 2 aromatic carbocycles. The molecule has 1 fully saturated rings. The van der Waals surface area contributed by atoms with E-state index < -0.39 is 0 Å². The van der Waals surface area contributed by atoms with Crippen LogP contribution in [0.5, 0.6) is 11.5 Å². The van der Waals surface area contributed by atoms with Gasteiger partial charge in [0.2, 0.25) is 0 Å². The summed E-state index contributed by atoms with van der Waals surface area (Å²) in [5.74, 6) is 1.70. The number of aromatic hydroxyl groups is 2. The zero-order valence-electron chi connectivity index (χ0n) is 24.5. The summed E-state index contributed by atoms with van der Waals surface area (Å²) in [5, 5.41) is 21.9. The Hall–Kier alpha value is -2.04. The molecule has 0 aromatic heterocycles. The summed E-state index contributed by atoms with van der Waals surface area (Å²) in [6, 6.07) is 5.19.